The molecule has 7 heteroatoms. The number of rotatable bonds is 3. The van der Waals surface area contributed by atoms with Crippen molar-refractivity contribution in [2.24, 2.45) is 0 Å². The molecule has 0 spiro atoms. The molecule has 1 heterocycles. The minimum absolute atomic E-state index is 0.0609. The maximum Gasteiger partial charge on any atom is 0.155 e. The van der Waals surface area contributed by atoms with E-state index < -0.39 is 6.72 Å². The highest BCUT2D eigenvalue weighted by atomic mass is 32.5. The van der Waals surface area contributed by atoms with Gasteiger partial charge in [-0.25, -0.2) is 0 Å². The van der Waals surface area contributed by atoms with E-state index in [4.69, 9.17) is 9.47 Å². The standard InChI is InChI=1S/C5H11O5PS/c1-4-8-2-5(10-4)3-9-11(6,7)12/h4-5H,2-3H2,1H3,(H2,6,7,12)/p-2. The fourth-order valence-corrected chi connectivity index (χ4v) is 1.39. The van der Waals surface area contributed by atoms with Gasteiger partial charge in [-0.2, -0.15) is 0 Å². The summed E-state index contributed by atoms with van der Waals surface area (Å²) in [5.74, 6) is 0. The lowest BCUT2D eigenvalue weighted by Crippen LogP contribution is -2.23. The Balaban J connectivity index is 2.21. The minimum atomic E-state index is -4.04. The van der Waals surface area contributed by atoms with Crippen LogP contribution in [0.2, 0.25) is 0 Å². The third-order valence-corrected chi connectivity index (χ3v) is 2.10. The number of hydrogen-bond acceptors (Lipinski definition) is 6. The second-order valence-corrected chi connectivity index (χ2v) is 4.90. The van der Waals surface area contributed by atoms with E-state index in [-0.39, 0.29) is 19.0 Å². The molecule has 0 saturated carbocycles. The Bertz CT molecular complexity index is 192. The molecule has 0 bridgehead atoms. The van der Waals surface area contributed by atoms with E-state index in [2.05, 4.69) is 16.3 Å². The van der Waals surface area contributed by atoms with Gasteiger partial charge >= 0.3 is 0 Å². The predicted molar refractivity (Wildman–Crippen MR) is 40.5 cm³/mol. The Labute approximate surface area is 75.5 Å². The summed E-state index contributed by atoms with van der Waals surface area (Å²) in [7, 11) is 0. The number of hydrogen-bond donors (Lipinski definition) is 0. The van der Waals surface area contributed by atoms with Gasteiger partial charge in [-0.05, 0) is 6.92 Å². The van der Waals surface area contributed by atoms with E-state index in [0.29, 0.717) is 6.61 Å². The first-order valence-electron chi connectivity index (χ1n) is 3.41. The average molecular weight is 212 g/mol. The quantitative estimate of drug-likeness (QED) is 0.542. The molecule has 2 atom stereocenters. The topological polar surface area (TPSA) is 73.8 Å². The normalized spacial score (nSPS) is 30.9. The zero-order valence-electron chi connectivity index (χ0n) is 6.47. The van der Waals surface area contributed by atoms with Crippen molar-refractivity contribution in [3.05, 3.63) is 0 Å². The van der Waals surface area contributed by atoms with Gasteiger partial charge in [0.25, 0.3) is 0 Å². The molecule has 0 N–H and O–H groups in total. The molecule has 1 aliphatic rings. The third-order valence-electron chi connectivity index (χ3n) is 1.32. The van der Waals surface area contributed by atoms with Crippen LogP contribution in [0, 0.1) is 0 Å². The van der Waals surface area contributed by atoms with Gasteiger partial charge in [-0.1, -0.05) is 6.72 Å². The molecule has 72 valence electrons. The van der Waals surface area contributed by atoms with Gasteiger partial charge in [0.05, 0.1) is 13.2 Å². The second kappa shape index (κ2) is 4.11. The molecule has 1 aliphatic heterocycles. The van der Waals surface area contributed by atoms with Crippen molar-refractivity contribution in [2.75, 3.05) is 13.2 Å². The molecule has 5 nitrogen and oxygen atoms in total. The molecule has 0 aromatic rings. The van der Waals surface area contributed by atoms with Crippen LogP contribution in [0.4, 0.5) is 0 Å². The summed E-state index contributed by atoms with van der Waals surface area (Å²) < 4.78 is 14.5. The minimum Gasteiger partial charge on any atom is -0.812 e. The van der Waals surface area contributed by atoms with Gasteiger partial charge in [0, 0.05) is 0 Å². The summed E-state index contributed by atoms with van der Waals surface area (Å²) in [4.78, 5) is 20.8. The second-order valence-electron chi connectivity index (χ2n) is 2.40. The Hall–Kier alpha value is 0.450. The highest BCUT2D eigenvalue weighted by Gasteiger charge is 2.22. The van der Waals surface area contributed by atoms with Crippen LogP contribution in [0.5, 0.6) is 0 Å². The fourth-order valence-electron chi connectivity index (χ4n) is 0.854. The molecule has 1 saturated heterocycles. The van der Waals surface area contributed by atoms with Gasteiger partial charge in [-0.15, -0.1) is 11.8 Å². The van der Waals surface area contributed by atoms with Crippen molar-refractivity contribution >= 4 is 18.5 Å². The van der Waals surface area contributed by atoms with Crippen LogP contribution in [0.25, 0.3) is 0 Å². The van der Waals surface area contributed by atoms with Gasteiger partial charge in [-0.3, -0.25) is 0 Å². The van der Waals surface area contributed by atoms with Crippen molar-refractivity contribution in [1.82, 2.24) is 0 Å². The highest BCUT2D eigenvalue weighted by molar-refractivity contribution is 8.05. The first kappa shape index (κ1) is 10.5. The molecule has 2 unspecified atom stereocenters. The smallest absolute Gasteiger partial charge is 0.155 e. The Kier molecular flexibility index (Phi) is 3.60. The molecule has 0 aliphatic carbocycles. The van der Waals surface area contributed by atoms with Crippen LogP contribution in [0.1, 0.15) is 6.92 Å². The van der Waals surface area contributed by atoms with Crippen LogP contribution in [-0.4, -0.2) is 25.6 Å². The fraction of sp³-hybridized carbons (Fsp3) is 1.00. The molecular weight excluding hydrogens is 203 g/mol. The number of ether oxygens (including phenoxy) is 2. The lowest BCUT2D eigenvalue weighted by molar-refractivity contribution is -0.322. The molecule has 1 fully saturated rings. The first-order chi connectivity index (χ1) is 5.47. The predicted octanol–water partition coefficient (Wildman–Crippen LogP) is -1.29. The lowest BCUT2D eigenvalue weighted by Gasteiger charge is -2.34. The Morgan fingerprint density at radius 1 is 1.67 bits per heavy atom. The molecule has 0 radical (unpaired) electrons. The van der Waals surface area contributed by atoms with Crippen molar-refractivity contribution in [1.29, 1.82) is 0 Å². The van der Waals surface area contributed by atoms with Crippen LogP contribution < -0.4 is 9.79 Å². The van der Waals surface area contributed by atoms with Crippen LogP contribution in [0.3, 0.4) is 0 Å². The Morgan fingerprint density at radius 2 is 2.33 bits per heavy atom. The van der Waals surface area contributed by atoms with Crippen molar-refractivity contribution in [3.8, 4) is 0 Å². The third kappa shape index (κ3) is 3.91. The molecule has 0 amide bonds. The molecular formula is C5H9O5PS-2. The van der Waals surface area contributed by atoms with Crippen LogP contribution >= 0.6 is 6.72 Å². The van der Waals surface area contributed by atoms with Crippen molar-refractivity contribution in [3.63, 3.8) is 0 Å². The summed E-state index contributed by atoms with van der Waals surface area (Å²) in [6.45, 7) is -2.03. The van der Waals surface area contributed by atoms with E-state index in [0.717, 1.165) is 0 Å². The van der Waals surface area contributed by atoms with Gasteiger partial charge in [0.1, 0.15) is 6.10 Å². The van der Waals surface area contributed by atoms with Gasteiger partial charge in [0.15, 0.2) is 6.29 Å². The lowest BCUT2D eigenvalue weighted by atomic mass is 10.4. The summed E-state index contributed by atoms with van der Waals surface area (Å²) in [5, 5.41) is 0. The van der Waals surface area contributed by atoms with Crippen LogP contribution in [0.15, 0.2) is 0 Å². The van der Waals surface area contributed by atoms with E-state index in [1.54, 1.807) is 6.92 Å². The maximum absolute atomic E-state index is 10.4. The van der Waals surface area contributed by atoms with Crippen molar-refractivity contribution < 1.29 is 23.8 Å². The van der Waals surface area contributed by atoms with Crippen LogP contribution in [-0.2, 0) is 25.8 Å². The van der Waals surface area contributed by atoms with E-state index in [1.165, 1.54) is 0 Å². The molecule has 12 heavy (non-hydrogen) atoms. The van der Waals surface area contributed by atoms with Gasteiger partial charge < -0.3 is 23.8 Å². The van der Waals surface area contributed by atoms with E-state index in [9.17, 15) is 9.79 Å². The zero-order chi connectivity index (χ0) is 9.19. The summed E-state index contributed by atoms with van der Waals surface area (Å²) in [5.41, 5.74) is 0. The SMILES string of the molecule is CC1OCC(COP([O-])([O-])=S)O1. The monoisotopic (exact) mass is 212 g/mol. The first-order valence-corrected chi connectivity index (χ1v) is 5.96. The van der Waals surface area contributed by atoms with Gasteiger partial charge in [0.2, 0.25) is 0 Å². The summed E-state index contributed by atoms with van der Waals surface area (Å²) in [6.07, 6.45) is -0.625. The molecule has 0 aromatic heterocycles. The average Bonchev–Trinajstić information content (AvgIpc) is 2.30. The summed E-state index contributed by atoms with van der Waals surface area (Å²) >= 11 is 4.03. The van der Waals surface area contributed by atoms with E-state index in [1.807, 2.05) is 0 Å². The molecule has 1 rings (SSSR count). The largest absolute Gasteiger partial charge is 0.812 e. The zero-order valence-corrected chi connectivity index (χ0v) is 8.18. The van der Waals surface area contributed by atoms with Crippen molar-refractivity contribution in [2.45, 2.75) is 19.3 Å². The maximum atomic E-state index is 10.4. The highest BCUT2D eigenvalue weighted by Crippen LogP contribution is 2.26. The van der Waals surface area contributed by atoms with E-state index >= 15 is 0 Å². The Morgan fingerprint density at radius 3 is 2.75 bits per heavy atom. The summed E-state index contributed by atoms with van der Waals surface area (Å²) in [6, 6.07) is 0. The molecule has 0 aromatic carbocycles.